The molecule has 1 aromatic heterocycles. The van der Waals surface area contributed by atoms with Gasteiger partial charge in [0.1, 0.15) is 11.6 Å². The van der Waals surface area contributed by atoms with Gasteiger partial charge in [-0.15, -0.1) is 0 Å². The highest BCUT2D eigenvalue weighted by Crippen LogP contribution is 2.38. The third-order valence-corrected chi connectivity index (χ3v) is 6.18. The molecule has 8 nitrogen and oxygen atoms in total. The van der Waals surface area contributed by atoms with Crippen LogP contribution >= 0.6 is 23.2 Å². The van der Waals surface area contributed by atoms with E-state index in [0.29, 0.717) is 24.3 Å². The predicted octanol–water partition coefficient (Wildman–Crippen LogP) is 5.23. The summed E-state index contributed by atoms with van der Waals surface area (Å²) in [5.41, 5.74) is 6.97. The molecular weight excluding hydrogens is 537 g/mol. The van der Waals surface area contributed by atoms with Crippen molar-refractivity contribution < 1.29 is 18.4 Å². The molecule has 0 radical (unpaired) electrons. The van der Waals surface area contributed by atoms with Gasteiger partial charge in [0.25, 0.3) is 5.91 Å². The van der Waals surface area contributed by atoms with Gasteiger partial charge in [-0.1, -0.05) is 41.4 Å². The molecule has 0 atom stereocenters. The number of aromatic nitrogens is 2. The number of nitrogens with two attached hydrogens (primary N) is 1. The number of nitrogens with zero attached hydrogens (tertiary/aromatic N) is 2. The Morgan fingerprint density at radius 2 is 1.76 bits per heavy atom. The molecule has 3 amide bonds. The smallest absolute Gasteiger partial charge is 0.314 e. The molecule has 0 aliphatic heterocycles. The number of anilines is 1. The average Bonchev–Trinajstić information content (AvgIpc) is 3.30. The maximum Gasteiger partial charge on any atom is 0.314 e. The van der Waals surface area contributed by atoms with Crippen LogP contribution in [0.4, 0.5) is 19.3 Å². The van der Waals surface area contributed by atoms with E-state index in [2.05, 4.69) is 20.9 Å². The van der Waals surface area contributed by atoms with Crippen LogP contribution in [0.25, 0.3) is 28.3 Å². The van der Waals surface area contributed by atoms with Gasteiger partial charge in [-0.25, -0.2) is 18.6 Å². The van der Waals surface area contributed by atoms with E-state index in [1.165, 1.54) is 35.9 Å². The standard InChI is InChI=1S/C26H22Cl2F2N6O2/c1-32-26(38)34-12-11-33-19-7-3-2-5-15(19)25-35-22(24(31)37)23(14-9-10-18(29)17(28)13-14)36(25)20-8-4-6-16(27)21(20)30/h2-10,13,33H,11-12H2,1H3,(H2,31,37)(H2,32,34,38). The highest BCUT2D eigenvalue weighted by molar-refractivity contribution is 6.31. The summed E-state index contributed by atoms with van der Waals surface area (Å²) in [7, 11) is 1.51. The molecule has 0 unspecified atom stereocenters. The first-order chi connectivity index (χ1) is 18.2. The Kier molecular flexibility index (Phi) is 8.13. The molecule has 12 heteroatoms. The van der Waals surface area contributed by atoms with Crippen molar-refractivity contribution in [3.63, 3.8) is 0 Å². The normalized spacial score (nSPS) is 10.8. The Hall–Kier alpha value is -4.15. The van der Waals surface area contributed by atoms with Crippen molar-refractivity contribution in [2.24, 2.45) is 5.73 Å². The molecule has 0 fully saturated rings. The number of rotatable bonds is 8. The number of benzene rings is 3. The zero-order valence-corrected chi connectivity index (χ0v) is 21.5. The lowest BCUT2D eigenvalue weighted by molar-refractivity contribution is 0.0996. The summed E-state index contributed by atoms with van der Waals surface area (Å²) in [5.74, 6) is -2.16. The van der Waals surface area contributed by atoms with E-state index in [0.717, 1.165) is 6.07 Å². The van der Waals surface area contributed by atoms with Gasteiger partial charge < -0.3 is 21.7 Å². The second-order valence-corrected chi connectivity index (χ2v) is 8.83. The Balaban J connectivity index is 1.95. The fourth-order valence-electron chi connectivity index (χ4n) is 3.88. The lowest BCUT2D eigenvalue weighted by atomic mass is 10.1. The lowest BCUT2D eigenvalue weighted by Gasteiger charge is -2.17. The topological polar surface area (TPSA) is 114 Å². The number of hydrogen-bond donors (Lipinski definition) is 4. The number of urea groups is 1. The number of carbonyl (C=O) groups excluding carboxylic acids is 2. The van der Waals surface area contributed by atoms with Crippen molar-refractivity contribution in [1.82, 2.24) is 20.2 Å². The first-order valence-electron chi connectivity index (χ1n) is 11.3. The Morgan fingerprint density at radius 1 is 1.00 bits per heavy atom. The van der Waals surface area contributed by atoms with Crippen molar-refractivity contribution in [3.8, 4) is 28.3 Å². The van der Waals surface area contributed by atoms with Gasteiger partial charge >= 0.3 is 6.03 Å². The number of imidazole rings is 1. The van der Waals surface area contributed by atoms with Gasteiger partial charge in [0, 0.05) is 37.0 Å². The zero-order chi connectivity index (χ0) is 27.4. The van der Waals surface area contributed by atoms with E-state index in [1.807, 2.05) is 0 Å². The van der Waals surface area contributed by atoms with E-state index in [4.69, 9.17) is 28.9 Å². The predicted molar refractivity (Wildman–Crippen MR) is 144 cm³/mol. The minimum Gasteiger partial charge on any atom is -0.383 e. The molecule has 0 spiro atoms. The minimum absolute atomic E-state index is 0.0148. The molecule has 38 heavy (non-hydrogen) atoms. The summed E-state index contributed by atoms with van der Waals surface area (Å²) in [4.78, 5) is 28.6. The van der Waals surface area contributed by atoms with Crippen molar-refractivity contribution in [2.75, 3.05) is 25.5 Å². The van der Waals surface area contributed by atoms with Crippen molar-refractivity contribution >= 4 is 40.8 Å². The lowest BCUT2D eigenvalue weighted by Crippen LogP contribution is -2.35. The molecule has 3 aromatic carbocycles. The fourth-order valence-corrected chi connectivity index (χ4v) is 4.23. The second-order valence-electron chi connectivity index (χ2n) is 8.01. The van der Waals surface area contributed by atoms with Crippen LogP contribution < -0.4 is 21.7 Å². The fraction of sp³-hybridized carbons (Fsp3) is 0.115. The van der Waals surface area contributed by atoms with E-state index in [-0.39, 0.29) is 44.5 Å². The molecule has 0 saturated carbocycles. The average molecular weight is 559 g/mol. The van der Waals surface area contributed by atoms with Crippen LogP contribution in [0.2, 0.25) is 10.0 Å². The van der Waals surface area contributed by atoms with E-state index in [1.54, 1.807) is 30.3 Å². The van der Waals surface area contributed by atoms with Gasteiger partial charge in [-0.3, -0.25) is 9.36 Å². The van der Waals surface area contributed by atoms with Gasteiger partial charge in [0.2, 0.25) is 0 Å². The number of halogens is 4. The SMILES string of the molecule is CNC(=O)NCCNc1ccccc1-c1nc(C(N)=O)c(-c2ccc(F)c(Cl)c2)n1-c1cccc(Cl)c1F. The first-order valence-corrected chi connectivity index (χ1v) is 12.1. The van der Waals surface area contributed by atoms with Crippen LogP contribution in [-0.2, 0) is 0 Å². The molecule has 196 valence electrons. The van der Waals surface area contributed by atoms with Crippen molar-refractivity contribution in [3.05, 3.63) is 88.0 Å². The first kappa shape index (κ1) is 26.9. The van der Waals surface area contributed by atoms with Crippen LogP contribution in [-0.4, -0.2) is 41.6 Å². The van der Waals surface area contributed by atoms with Gasteiger partial charge in [0.05, 0.1) is 21.4 Å². The second kappa shape index (κ2) is 11.5. The van der Waals surface area contributed by atoms with E-state index >= 15 is 4.39 Å². The van der Waals surface area contributed by atoms with Crippen LogP contribution in [0.15, 0.2) is 60.7 Å². The monoisotopic (exact) mass is 558 g/mol. The van der Waals surface area contributed by atoms with Crippen LogP contribution in [0.5, 0.6) is 0 Å². The molecule has 0 aliphatic carbocycles. The number of amides is 3. The number of para-hydroxylation sites is 1. The van der Waals surface area contributed by atoms with Gasteiger partial charge in [-0.2, -0.15) is 0 Å². The summed E-state index contributed by atoms with van der Waals surface area (Å²) >= 11 is 12.1. The largest absolute Gasteiger partial charge is 0.383 e. The minimum atomic E-state index is -0.886. The molecule has 0 aliphatic rings. The Labute approximate surface area is 226 Å². The molecule has 5 N–H and O–H groups in total. The molecule has 0 saturated heterocycles. The Bertz CT molecular complexity index is 1530. The van der Waals surface area contributed by atoms with Crippen LogP contribution in [0, 0.1) is 11.6 Å². The highest BCUT2D eigenvalue weighted by atomic mass is 35.5. The molecular formula is C26H22Cl2F2N6O2. The Morgan fingerprint density at radius 3 is 2.47 bits per heavy atom. The van der Waals surface area contributed by atoms with Crippen LogP contribution in [0.3, 0.4) is 0 Å². The van der Waals surface area contributed by atoms with Crippen molar-refractivity contribution in [2.45, 2.75) is 0 Å². The molecule has 1 heterocycles. The summed E-state index contributed by atoms with van der Waals surface area (Å²) in [5, 5.41) is 7.98. The zero-order valence-electron chi connectivity index (χ0n) is 20.0. The van der Waals surface area contributed by atoms with Gasteiger partial charge in [-0.05, 0) is 42.5 Å². The molecule has 4 aromatic rings. The third-order valence-electron chi connectivity index (χ3n) is 5.60. The quantitative estimate of drug-likeness (QED) is 0.222. The molecule has 0 bridgehead atoms. The maximum absolute atomic E-state index is 15.4. The van der Waals surface area contributed by atoms with E-state index in [9.17, 15) is 14.0 Å². The summed E-state index contributed by atoms with van der Waals surface area (Å²) in [6.07, 6.45) is 0. The number of carbonyl (C=O) groups is 2. The van der Waals surface area contributed by atoms with Crippen molar-refractivity contribution in [1.29, 1.82) is 0 Å². The highest BCUT2D eigenvalue weighted by Gasteiger charge is 2.27. The van der Waals surface area contributed by atoms with Gasteiger partial charge in [0.15, 0.2) is 11.5 Å². The summed E-state index contributed by atoms with van der Waals surface area (Å²) in [6.45, 7) is 0.650. The number of nitrogens with one attached hydrogen (secondary N) is 3. The summed E-state index contributed by atoms with van der Waals surface area (Å²) < 4.78 is 30.8. The number of primary amides is 1. The number of hydrogen-bond acceptors (Lipinski definition) is 4. The molecule has 4 rings (SSSR count). The third kappa shape index (κ3) is 5.41. The maximum atomic E-state index is 15.4. The summed E-state index contributed by atoms with van der Waals surface area (Å²) in [6, 6.07) is 14.9. The van der Waals surface area contributed by atoms with E-state index < -0.39 is 17.5 Å². The van der Waals surface area contributed by atoms with Crippen LogP contribution in [0.1, 0.15) is 10.5 Å².